The maximum atomic E-state index is 14.2. The van der Waals surface area contributed by atoms with Crippen molar-refractivity contribution in [1.82, 2.24) is 4.98 Å². The van der Waals surface area contributed by atoms with Gasteiger partial charge >= 0.3 is 5.69 Å². The van der Waals surface area contributed by atoms with Crippen LogP contribution >= 0.6 is 0 Å². The Morgan fingerprint density at radius 1 is 1.42 bits per heavy atom. The summed E-state index contributed by atoms with van der Waals surface area (Å²) >= 11 is 0. The van der Waals surface area contributed by atoms with Gasteiger partial charge in [-0.15, -0.1) is 0 Å². The van der Waals surface area contributed by atoms with Crippen molar-refractivity contribution in [2.75, 3.05) is 12.4 Å². The third kappa shape index (κ3) is 3.47. The van der Waals surface area contributed by atoms with Crippen LogP contribution < -0.4 is 10.1 Å². The number of nitrogens with one attached hydrogen (secondary N) is 1. The maximum absolute atomic E-state index is 14.2. The van der Waals surface area contributed by atoms with Crippen LogP contribution in [-0.4, -0.2) is 23.1 Å². The zero-order chi connectivity index (χ0) is 18.8. The first kappa shape index (κ1) is 18.1. The molecule has 6 nitrogen and oxygen atoms in total. The van der Waals surface area contributed by atoms with E-state index >= 15 is 0 Å². The van der Waals surface area contributed by atoms with Crippen LogP contribution in [0, 0.1) is 28.8 Å². The molecule has 0 saturated heterocycles. The van der Waals surface area contributed by atoms with E-state index in [0.29, 0.717) is 22.6 Å². The quantitative estimate of drug-likeness (QED) is 0.572. The molecular formula is C19H22FN3O3. The summed E-state index contributed by atoms with van der Waals surface area (Å²) in [5.41, 5.74) is 1.37. The average Bonchev–Trinajstić information content (AvgIpc) is 3.45. The van der Waals surface area contributed by atoms with Crippen LogP contribution in [0.15, 0.2) is 24.4 Å². The summed E-state index contributed by atoms with van der Waals surface area (Å²) in [6, 6.07) is 4.53. The van der Waals surface area contributed by atoms with E-state index in [1.165, 1.54) is 19.4 Å². The lowest BCUT2D eigenvalue weighted by Gasteiger charge is -2.18. The molecular weight excluding hydrogens is 337 g/mol. The molecule has 1 aromatic carbocycles. The van der Waals surface area contributed by atoms with E-state index in [2.05, 4.69) is 17.2 Å². The minimum Gasteiger partial charge on any atom is -0.494 e. The monoisotopic (exact) mass is 359 g/mol. The molecule has 26 heavy (non-hydrogen) atoms. The number of benzene rings is 1. The van der Waals surface area contributed by atoms with E-state index in [1.807, 2.05) is 0 Å². The molecule has 0 radical (unpaired) electrons. The highest BCUT2D eigenvalue weighted by atomic mass is 19.1. The maximum Gasteiger partial charge on any atom is 0.319 e. The third-order valence-corrected chi connectivity index (χ3v) is 4.85. The van der Waals surface area contributed by atoms with Crippen molar-refractivity contribution in [2.24, 2.45) is 5.92 Å². The lowest BCUT2D eigenvalue weighted by Crippen LogP contribution is -2.22. The molecule has 1 aliphatic rings. The van der Waals surface area contributed by atoms with Crippen LogP contribution in [-0.2, 0) is 0 Å². The van der Waals surface area contributed by atoms with Crippen LogP contribution in [0.25, 0.3) is 11.1 Å². The van der Waals surface area contributed by atoms with E-state index in [0.717, 1.165) is 19.3 Å². The number of aromatic nitrogens is 1. The average molecular weight is 359 g/mol. The van der Waals surface area contributed by atoms with E-state index < -0.39 is 10.7 Å². The Hall–Kier alpha value is -2.70. The van der Waals surface area contributed by atoms with E-state index in [4.69, 9.17) is 4.74 Å². The summed E-state index contributed by atoms with van der Waals surface area (Å²) in [5.74, 6) is 0.325. The summed E-state index contributed by atoms with van der Waals surface area (Å²) in [6.07, 6.45) is 4.64. The van der Waals surface area contributed by atoms with Gasteiger partial charge in [0.25, 0.3) is 0 Å². The zero-order valence-corrected chi connectivity index (χ0v) is 15.1. The number of nitro groups is 1. The highest BCUT2D eigenvalue weighted by molar-refractivity contribution is 5.82. The second-order valence-corrected chi connectivity index (χ2v) is 6.61. The molecule has 2 aromatic rings. The first-order chi connectivity index (χ1) is 12.5. The van der Waals surface area contributed by atoms with E-state index in [-0.39, 0.29) is 23.3 Å². The molecule has 1 fully saturated rings. The summed E-state index contributed by atoms with van der Waals surface area (Å²) in [7, 11) is 1.39. The molecule has 1 unspecified atom stereocenters. The lowest BCUT2D eigenvalue weighted by atomic mass is 9.99. The predicted octanol–water partition coefficient (Wildman–Crippen LogP) is 4.71. The minimum atomic E-state index is -0.557. The Bertz CT molecular complexity index is 837. The molecule has 0 spiro atoms. The van der Waals surface area contributed by atoms with Gasteiger partial charge in [-0.1, -0.05) is 6.92 Å². The van der Waals surface area contributed by atoms with Crippen LogP contribution in [0.4, 0.5) is 15.9 Å². The fourth-order valence-electron chi connectivity index (χ4n) is 3.29. The molecule has 1 heterocycles. The molecule has 3 rings (SSSR count). The fourth-order valence-corrected chi connectivity index (χ4v) is 3.29. The van der Waals surface area contributed by atoms with Gasteiger partial charge < -0.3 is 10.1 Å². The standard InChI is InChI=1S/C19H22FN3O3/c1-4-16(12-5-6-12)22-19-18(23(24)25)13(7-8-21-19)14-10-15(20)17(26-3)9-11(14)2/h7-10,12,16H,4-6H2,1-3H3,(H,21,22). The topological polar surface area (TPSA) is 77.3 Å². The van der Waals surface area contributed by atoms with Crippen molar-refractivity contribution in [1.29, 1.82) is 0 Å². The summed E-state index contributed by atoms with van der Waals surface area (Å²) in [6.45, 7) is 3.82. The number of hydrogen-bond donors (Lipinski definition) is 1. The molecule has 1 saturated carbocycles. The van der Waals surface area contributed by atoms with Gasteiger partial charge in [0.2, 0.25) is 5.82 Å². The zero-order valence-electron chi connectivity index (χ0n) is 15.1. The van der Waals surface area contributed by atoms with Crippen molar-refractivity contribution in [3.05, 3.63) is 45.9 Å². The van der Waals surface area contributed by atoms with E-state index in [9.17, 15) is 14.5 Å². The number of aryl methyl sites for hydroxylation is 1. The first-order valence-electron chi connectivity index (χ1n) is 8.70. The number of halogens is 1. The van der Waals surface area contributed by atoms with Crippen LogP contribution in [0.1, 0.15) is 31.7 Å². The van der Waals surface area contributed by atoms with Crippen molar-refractivity contribution < 1.29 is 14.1 Å². The molecule has 1 aliphatic carbocycles. The third-order valence-electron chi connectivity index (χ3n) is 4.85. The van der Waals surface area contributed by atoms with Gasteiger partial charge in [0.05, 0.1) is 17.6 Å². The lowest BCUT2D eigenvalue weighted by molar-refractivity contribution is -0.383. The second-order valence-electron chi connectivity index (χ2n) is 6.61. The Balaban J connectivity index is 2.09. The Kier molecular flexibility index (Phi) is 5.06. The van der Waals surface area contributed by atoms with Crippen molar-refractivity contribution >= 4 is 11.5 Å². The van der Waals surface area contributed by atoms with Gasteiger partial charge in [-0.3, -0.25) is 10.1 Å². The fraction of sp³-hybridized carbons (Fsp3) is 0.421. The molecule has 1 atom stereocenters. The van der Waals surface area contributed by atoms with Gasteiger partial charge in [-0.2, -0.15) is 0 Å². The first-order valence-corrected chi connectivity index (χ1v) is 8.70. The largest absolute Gasteiger partial charge is 0.494 e. The second kappa shape index (κ2) is 7.27. The Morgan fingerprint density at radius 3 is 2.73 bits per heavy atom. The Morgan fingerprint density at radius 2 is 2.15 bits per heavy atom. The number of pyridine rings is 1. The Labute approximate surface area is 151 Å². The molecule has 1 N–H and O–H groups in total. The van der Waals surface area contributed by atoms with E-state index in [1.54, 1.807) is 19.1 Å². The number of nitrogens with zero attached hydrogens (tertiary/aromatic N) is 2. The van der Waals surface area contributed by atoms with Crippen molar-refractivity contribution in [3.8, 4) is 16.9 Å². The highest BCUT2D eigenvalue weighted by Gasteiger charge is 2.32. The van der Waals surface area contributed by atoms with Gasteiger partial charge in [-0.05, 0) is 61.4 Å². The van der Waals surface area contributed by atoms with Gasteiger partial charge in [0.1, 0.15) is 0 Å². The van der Waals surface area contributed by atoms with Crippen LogP contribution in [0.5, 0.6) is 5.75 Å². The van der Waals surface area contributed by atoms with Crippen molar-refractivity contribution in [3.63, 3.8) is 0 Å². The predicted molar refractivity (Wildman–Crippen MR) is 98.0 cm³/mol. The highest BCUT2D eigenvalue weighted by Crippen LogP contribution is 2.41. The number of hydrogen-bond acceptors (Lipinski definition) is 5. The van der Waals surface area contributed by atoms with Gasteiger partial charge in [0, 0.05) is 12.2 Å². The number of rotatable bonds is 7. The molecule has 138 valence electrons. The summed E-state index contributed by atoms with van der Waals surface area (Å²) in [5, 5.41) is 15.0. The van der Waals surface area contributed by atoms with Gasteiger partial charge in [-0.25, -0.2) is 9.37 Å². The normalized spacial score (nSPS) is 14.8. The minimum absolute atomic E-state index is 0.112. The van der Waals surface area contributed by atoms with Crippen LogP contribution in [0.3, 0.4) is 0 Å². The smallest absolute Gasteiger partial charge is 0.319 e. The number of ether oxygens (including phenoxy) is 1. The molecule has 0 bridgehead atoms. The van der Waals surface area contributed by atoms with Gasteiger partial charge in [0.15, 0.2) is 11.6 Å². The van der Waals surface area contributed by atoms with Crippen molar-refractivity contribution in [2.45, 2.75) is 39.2 Å². The van der Waals surface area contributed by atoms with Crippen LogP contribution in [0.2, 0.25) is 0 Å². The number of anilines is 1. The summed E-state index contributed by atoms with van der Waals surface area (Å²) in [4.78, 5) is 15.5. The molecule has 1 aromatic heterocycles. The molecule has 0 amide bonds. The summed E-state index contributed by atoms with van der Waals surface area (Å²) < 4.78 is 19.2. The molecule has 0 aliphatic heterocycles. The SMILES string of the molecule is CCC(Nc1nccc(-c2cc(F)c(OC)cc2C)c1[N+](=O)[O-])C1CC1. The number of methoxy groups -OCH3 is 1. The molecule has 7 heteroatoms.